The molecule has 4 nitrogen and oxygen atoms in total. The predicted octanol–water partition coefficient (Wildman–Crippen LogP) is 5.76. The molecular formula is C26H25N3O. The van der Waals surface area contributed by atoms with Crippen molar-refractivity contribution in [2.75, 3.05) is 0 Å². The number of rotatable bonds is 4. The third-order valence-corrected chi connectivity index (χ3v) is 6.11. The molecule has 1 aliphatic carbocycles. The summed E-state index contributed by atoms with van der Waals surface area (Å²) in [6.45, 7) is 0.541. The maximum Gasteiger partial charge on any atom is 0.254 e. The SMILES string of the molecule is O=C(c1ccc2ncccc2c1)N(Cc1ccc2ccccc2n1)C1CCCCC1. The summed E-state index contributed by atoms with van der Waals surface area (Å²) in [5.41, 5.74) is 3.55. The van der Waals surface area contributed by atoms with E-state index in [0.717, 1.165) is 45.9 Å². The Bertz CT molecular complexity index is 1200. The van der Waals surface area contributed by atoms with Gasteiger partial charge < -0.3 is 4.90 Å². The summed E-state index contributed by atoms with van der Waals surface area (Å²) in [4.78, 5) is 24.9. The van der Waals surface area contributed by atoms with Crippen molar-refractivity contribution in [2.24, 2.45) is 0 Å². The maximum absolute atomic E-state index is 13.6. The van der Waals surface area contributed by atoms with Gasteiger partial charge in [0.2, 0.25) is 0 Å². The van der Waals surface area contributed by atoms with Gasteiger partial charge in [0.1, 0.15) is 0 Å². The van der Waals surface area contributed by atoms with Crippen LogP contribution in [0.5, 0.6) is 0 Å². The van der Waals surface area contributed by atoms with Gasteiger partial charge in [0.25, 0.3) is 5.91 Å². The minimum Gasteiger partial charge on any atom is -0.330 e. The summed E-state index contributed by atoms with van der Waals surface area (Å²) < 4.78 is 0. The molecule has 0 radical (unpaired) electrons. The quantitative estimate of drug-likeness (QED) is 0.441. The molecule has 2 aromatic heterocycles. The number of fused-ring (bicyclic) bond motifs is 2. The Morgan fingerprint density at radius 1 is 0.867 bits per heavy atom. The normalized spacial score (nSPS) is 14.8. The lowest BCUT2D eigenvalue weighted by Crippen LogP contribution is -2.41. The van der Waals surface area contributed by atoms with E-state index in [2.05, 4.69) is 23.2 Å². The molecule has 4 aromatic rings. The van der Waals surface area contributed by atoms with Crippen LogP contribution in [0.25, 0.3) is 21.8 Å². The average Bonchev–Trinajstić information content (AvgIpc) is 2.82. The highest BCUT2D eigenvalue weighted by Crippen LogP contribution is 2.26. The first-order chi connectivity index (χ1) is 14.8. The van der Waals surface area contributed by atoms with E-state index in [0.29, 0.717) is 6.54 Å². The van der Waals surface area contributed by atoms with Crippen LogP contribution in [-0.4, -0.2) is 26.8 Å². The van der Waals surface area contributed by atoms with Crippen LogP contribution in [0, 0.1) is 0 Å². The Morgan fingerprint density at radius 3 is 2.60 bits per heavy atom. The third kappa shape index (κ3) is 3.78. The molecule has 0 N–H and O–H groups in total. The third-order valence-electron chi connectivity index (χ3n) is 6.11. The van der Waals surface area contributed by atoms with Crippen LogP contribution < -0.4 is 0 Å². The molecule has 150 valence electrons. The van der Waals surface area contributed by atoms with Gasteiger partial charge in [-0.25, -0.2) is 0 Å². The number of hydrogen-bond donors (Lipinski definition) is 0. The minimum atomic E-state index is 0.0858. The van der Waals surface area contributed by atoms with Crippen LogP contribution in [0.4, 0.5) is 0 Å². The van der Waals surface area contributed by atoms with Gasteiger partial charge in [-0.1, -0.05) is 49.6 Å². The Labute approximate surface area is 176 Å². The van der Waals surface area contributed by atoms with Gasteiger partial charge in [-0.15, -0.1) is 0 Å². The molecule has 1 aliphatic rings. The van der Waals surface area contributed by atoms with Crippen molar-refractivity contribution in [3.63, 3.8) is 0 Å². The highest BCUT2D eigenvalue weighted by atomic mass is 16.2. The molecule has 1 amide bonds. The Balaban J connectivity index is 1.49. The summed E-state index contributed by atoms with van der Waals surface area (Å²) in [6.07, 6.45) is 7.53. The first-order valence-corrected chi connectivity index (χ1v) is 10.8. The van der Waals surface area contributed by atoms with Gasteiger partial charge >= 0.3 is 0 Å². The minimum absolute atomic E-state index is 0.0858. The van der Waals surface area contributed by atoms with Crippen LogP contribution in [0.15, 0.2) is 72.9 Å². The monoisotopic (exact) mass is 395 g/mol. The number of carbonyl (C=O) groups excluding carboxylic acids is 1. The number of para-hydroxylation sites is 1. The molecule has 2 aromatic carbocycles. The zero-order valence-electron chi connectivity index (χ0n) is 17.0. The van der Waals surface area contributed by atoms with E-state index in [9.17, 15) is 4.79 Å². The van der Waals surface area contributed by atoms with Crippen molar-refractivity contribution in [1.29, 1.82) is 0 Å². The molecular weight excluding hydrogens is 370 g/mol. The number of carbonyl (C=O) groups is 1. The van der Waals surface area contributed by atoms with E-state index >= 15 is 0 Å². The van der Waals surface area contributed by atoms with E-state index in [1.165, 1.54) is 19.3 Å². The van der Waals surface area contributed by atoms with Crippen LogP contribution in [0.1, 0.15) is 48.2 Å². The predicted molar refractivity (Wildman–Crippen MR) is 120 cm³/mol. The highest BCUT2D eigenvalue weighted by molar-refractivity contribution is 5.98. The number of hydrogen-bond acceptors (Lipinski definition) is 3. The number of amides is 1. The summed E-state index contributed by atoms with van der Waals surface area (Å²) in [5.74, 6) is 0.0858. The van der Waals surface area contributed by atoms with Gasteiger partial charge in [0.05, 0.1) is 23.3 Å². The summed E-state index contributed by atoms with van der Waals surface area (Å²) in [7, 11) is 0. The zero-order valence-corrected chi connectivity index (χ0v) is 17.0. The van der Waals surface area contributed by atoms with Crippen molar-refractivity contribution >= 4 is 27.7 Å². The largest absolute Gasteiger partial charge is 0.330 e. The Hall–Kier alpha value is -3.27. The highest BCUT2D eigenvalue weighted by Gasteiger charge is 2.27. The topological polar surface area (TPSA) is 46.1 Å². The maximum atomic E-state index is 13.6. The first-order valence-electron chi connectivity index (χ1n) is 10.8. The number of benzene rings is 2. The fourth-order valence-corrected chi connectivity index (χ4v) is 4.50. The van der Waals surface area contributed by atoms with Crippen LogP contribution in [0.2, 0.25) is 0 Å². The second-order valence-electron chi connectivity index (χ2n) is 8.13. The number of pyridine rings is 2. The number of aromatic nitrogens is 2. The molecule has 0 unspecified atom stereocenters. The number of nitrogens with zero attached hydrogens (tertiary/aromatic N) is 3. The van der Waals surface area contributed by atoms with E-state index in [1.807, 2.05) is 53.4 Å². The van der Waals surface area contributed by atoms with Crippen molar-refractivity contribution in [3.8, 4) is 0 Å². The van der Waals surface area contributed by atoms with Crippen molar-refractivity contribution < 1.29 is 4.79 Å². The molecule has 30 heavy (non-hydrogen) atoms. The zero-order chi connectivity index (χ0) is 20.3. The summed E-state index contributed by atoms with van der Waals surface area (Å²) in [5, 5.41) is 2.12. The second kappa shape index (κ2) is 8.23. The molecule has 4 heteroatoms. The molecule has 0 bridgehead atoms. The molecule has 0 saturated heterocycles. The van der Waals surface area contributed by atoms with Gasteiger partial charge in [-0.3, -0.25) is 14.8 Å². The second-order valence-corrected chi connectivity index (χ2v) is 8.13. The summed E-state index contributed by atoms with van der Waals surface area (Å²) >= 11 is 0. The van der Waals surface area contributed by atoms with Crippen LogP contribution in [-0.2, 0) is 6.54 Å². The lowest BCUT2D eigenvalue weighted by Gasteiger charge is -2.34. The smallest absolute Gasteiger partial charge is 0.254 e. The molecule has 0 spiro atoms. The van der Waals surface area contributed by atoms with Crippen LogP contribution in [0.3, 0.4) is 0 Å². The lowest BCUT2D eigenvalue weighted by molar-refractivity contribution is 0.0611. The molecule has 2 heterocycles. The van der Waals surface area contributed by atoms with E-state index in [4.69, 9.17) is 4.98 Å². The molecule has 1 saturated carbocycles. The van der Waals surface area contributed by atoms with Gasteiger partial charge in [-0.2, -0.15) is 0 Å². The van der Waals surface area contributed by atoms with Crippen molar-refractivity contribution in [1.82, 2.24) is 14.9 Å². The van der Waals surface area contributed by atoms with E-state index in [1.54, 1.807) is 6.20 Å². The summed E-state index contributed by atoms with van der Waals surface area (Å²) in [6, 6.07) is 22.3. The van der Waals surface area contributed by atoms with E-state index in [-0.39, 0.29) is 11.9 Å². The standard InChI is InChI=1S/C26H25N3O/c30-26(21-13-15-24-20(17-21)8-6-16-27-24)29(23-9-2-1-3-10-23)18-22-14-12-19-7-4-5-11-25(19)28-22/h4-8,11-17,23H,1-3,9-10,18H2. The molecule has 0 aliphatic heterocycles. The van der Waals surface area contributed by atoms with Gasteiger partial charge in [0, 0.05) is 28.6 Å². The van der Waals surface area contributed by atoms with Crippen molar-refractivity contribution in [2.45, 2.75) is 44.7 Å². The van der Waals surface area contributed by atoms with Gasteiger partial charge in [-0.05, 0) is 49.2 Å². The first kappa shape index (κ1) is 18.7. The Morgan fingerprint density at radius 2 is 1.70 bits per heavy atom. The lowest BCUT2D eigenvalue weighted by atomic mass is 9.93. The van der Waals surface area contributed by atoms with Crippen molar-refractivity contribution in [3.05, 3.63) is 84.2 Å². The van der Waals surface area contributed by atoms with Crippen LogP contribution >= 0.6 is 0 Å². The van der Waals surface area contributed by atoms with E-state index < -0.39 is 0 Å². The average molecular weight is 396 g/mol. The molecule has 5 rings (SSSR count). The fourth-order valence-electron chi connectivity index (χ4n) is 4.50. The Kier molecular flexibility index (Phi) is 5.14. The fraction of sp³-hybridized carbons (Fsp3) is 0.269. The van der Waals surface area contributed by atoms with Gasteiger partial charge in [0.15, 0.2) is 0 Å². The molecule has 1 fully saturated rings. The molecule has 0 atom stereocenters.